The molecule has 1 unspecified atom stereocenters. The normalized spacial score (nSPS) is 12.6. The second-order valence-corrected chi connectivity index (χ2v) is 4.76. The van der Waals surface area contributed by atoms with Gasteiger partial charge in [-0.15, -0.1) is 0 Å². The number of carbonyl (C=O) groups excluding carboxylic acids is 1. The second kappa shape index (κ2) is 6.50. The van der Waals surface area contributed by atoms with Crippen LogP contribution in [0.25, 0.3) is 0 Å². The smallest absolute Gasteiger partial charge is 0.327 e. The van der Waals surface area contributed by atoms with Gasteiger partial charge in [-0.3, -0.25) is 0 Å². The van der Waals surface area contributed by atoms with Gasteiger partial charge in [-0.25, -0.2) is 9.18 Å². The Morgan fingerprint density at radius 1 is 1.44 bits per heavy atom. The lowest BCUT2D eigenvalue weighted by Gasteiger charge is -2.20. The molecule has 0 saturated carbocycles. The van der Waals surface area contributed by atoms with Gasteiger partial charge in [0.1, 0.15) is 11.9 Å². The second-order valence-electron chi connectivity index (χ2n) is 4.76. The number of benzene rings is 1. The number of methoxy groups -OCH3 is 1. The van der Waals surface area contributed by atoms with Crippen LogP contribution in [0, 0.1) is 18.7 Å². The number of halogens is 1. The van der Waals surface area contributed by atoms with Crippen molar-refractivity contribution < 1.29 is 13.9 Å². The molecule has 3 nitrogen and oxygen atoms in total. The first-order valence-corrected chi connectivity index (χ1v) is 6.03. The Bertz CT molecular complexity index is 418. The molecule has 0 aliphatic rings. The van der Waals surface area contributed by atoms with Crippen molar-refractivity contribution in [1.29, 1.82) is 0 Å². The summed E-state index contributed by atoms with van der Waals surface area (Å²) in [5, 5.41) is 3.11. The molecular formula is C14H20FNO2. The lowest BCUT2D eigenvalue weighted by molar-refractivity contribution is -0.143. The van der Waals surface area contributed by atoms with Crippen LogP contribution in [0.1, 0.15) is 31.0 Å². The third kappa shape index (κ3) is 3.81. The van der Waals surface area contributed by atoms with Gasteiger partial charge >= 0.3 is 5.97 Å². The molecule has 0 aliphatic carbocycles. The molecule has 1 aromatic rings. The molecule has 1 atom stereocenters. The number of aryl methyl sites for hydroxylation is 1. The van der Waals surface area contributed by atoms with E-state index < -0.39 is 12.0 Å². The van der Waals surface area contributed by atoms with Gasteiger partial charge in [0.05, 0.1) is 7.11 Å². The molecule has 1 rings (SSSR count). The molecule has 4 heteroatoms. The van der Waals surface area contributed by atoms with Crippen LogP contribution >= 0.6 is 0 Å². The predicted octanol–water partition coefficient (Wildman–Crippen LogP) is 2.59. The summed E-state index contributed by atoms with van der Waals surface area (Å²) in [6.45, 7) is 6.59. The Morgan fingerprint density at radius 2 is 2.11 bits per heavy atom. The topological polar surface area (TPSA) is 38.3 Å². The van der Waals surface area contributed by atoms with E-state index in [1.807, 2.05) is 20.8 Å². The van der Waals surface area contributed by atoms with E-state index in [4.69, 9.17) is 4.74 Å². The van der Waals surface area contributed by atoms with Crippen molar-refractivity contribution in [3.05, 3.63) is 35.1 Å². The molecule has 0 saturated heterocycles. The fraction of sp³-hybridized carbons (Fsp3) is 0.500. The highest BCUT2D eigenvalue weighted by molar-refractivity contribution is 5.78. The number of ether oxygens (including phenoxy) is 1. The maximum atomic E-state index is 13.3. The van der Waals surface area contributed by atoms with Crippen molar-refractivity contribution in [3.63, 3.8) is 0 Å². The average molecular weight is 253 g/mol. The standard InChI is InChI=1S/C14H20FNO2/c1-9(2)8-16-13(14(17)18-4)12-7-11(15)6-5-10(12)3/h5-7,9,13,16H,8H2,1-4H3. The average Bonchev–Trinajstić information content (AvgIpc) is 2.32. The number of carbonyl (C=O) groups is 1. The number of rotatable bonds is 5. The van der Waals surface area contributed by atoms with Gasteiger partial charge in [0.15, 0.2) is 0 Å². The zero-order chi connectivity index (χ0) is 13.7. The minimum absolute atomic E-state index is 0.351. The Kier molecular flexibility index (Phi) is 5.28. The van der Waals surface area contributed by atoms with Gasteiger partial charge in [0.25, 0.3) is 0 Å². The summed E-state index contributed by atoms with van der Waals surface area (Å²) >= 11 is 0. The van der Waals surface area contributed by atoms with Gasteiger partial charge in [0, 0.05) is 0 Å². The lowest BCUT2D eigenvalue weighted by atomic mass is 10.0. The van der Waals surface area contributed by atoms with E-state index in [1.165, 1.54) is 19.2 Å². The molecule has 0 fully saturated rings. The van der Waals surface area contributed by atoms with Crippen molar-refractivity contribution in [2.75, 3.05) is 13.7 Å². The van der Waals surface area contributed by atoms with Gasteiger partial charge in [-0.2, -0.15) is 0 Å². The van der Waals surface area contributed by atoms with Crippen molar-refractivity contribution in [2.24, 2.45) is 5.92 Å². The highest BCUT2D eigenvalue weighted by Crippen LogP contribution is 2.20. The molecule has 0 spiro atoms. The van der Waals surface area contributed by atoms with Gasteiger partial charge in [-0.05, 0) is 42.6 Å². The van der Waals surface area contributed by atoms with Crippen molar-refractivity contribution in [2.45, 2.75) is 26.8 Å². The summed E-state index contributed by atoms with van der Waals surface area (Å²) in [5.41, 5.74) is 1.49. The van der Waals surface area contributed by atoms with Crippen LogP contribution in [-0.2, 0) is 9.53 Å². The third-order valence-electron chi connectivity index (χ3n) is 2.72. The summed E-state index contributed by atoms with van der Waals surface area (Å²) < 4.78 is 18.1. The van der Waals surface area contributed by atoms with E-state index in [0.29, 0.717) is 18.0 Å². The van der Waals surface area contributed by atoms with E-state index in [9.17, 15) is 9.18 Å². The van der Waals surface area contributed by atoms with Crippen LogP contribution in [0.5, 0.6) is 0 Å². The minimum atomic E-state index is -0.618. The molecular weight excluding hydrogens is 233 g/mol. The first-order valence-electron chi connectivity index (χ1n) is 6.03. The molecule has 18 heavy (non-hydrogen) atoms. The fourth-order valence-corrected chi connectivity index (χ4v) is 1.71. The molecule has 0 bridgehead atoms. The predicted molar refractivity (Wildman–Crippen MR) is 68.7 cm³/mol. The molecule has 1 aromatic carbocycles. The molecule has 0 aliphatic heterocycles. The van der Waals surface area contributed by atoms with E-state index in [1.54, 1.807) is 6.07 Å². The van der Waals surface area contributed by atoms with Crippen molar-refractivity contribution in [3.8, 4) is 0 Å². The molecule has 0 amide bonds. The number of esters is 1. The summed E-state index contributed by atoms with van der Waals surface area (Å²) in [6, 6.07) is 3.81. The molecule has 0 heterocycles. The zero-order valence-electron chi connectivity index (χ0n) is 11.3. The van der Waals surface area contributed by atoms with Gasteiger partial charge < -0.3 is 10.1 Å². The first-order chi connectivity index (χ1) is 8.45. The molecule has 0 radical (unpaired) electrons. The number of hydrogen-bond donors (Lipinski definition) is 1. The first kappa shape index (κ1) is 14.6. The summed E-state index contributed by atoms with van der Waals surface area (Å²) in [6.07, 6.45) is 0. The maximum absolute atomic E-state index is 13.3. The zero-order valence-corrected chi connectivity index (χ0v) is 11.3. The Labute approximate surface area is 107 Å². The summed E-state index contributed by atoms with van der Waals surface area (Å²) in [5.74, 6) is -0.355. The minimum Gasteiger partial charge on any atom is -0.468 e. The van der Waals surface area contributed by atoms with Gasteiger partial charge in [0.2, 0.25) is 0 Å². The van der Waals surface area contributed by atoms with Crippen molar-refractivity contribution in [1.82, 2.24) is 5.32 Å². The van der Waals surface area contributed by atoms with E-state index >= 15 is 0 Å². The Balaban J connectivity index is 3.01. The molecule has 1 N–H and O–H groups in total. The fourth-order valence-electron chi connectivity index (χ4n) is 1.71. The van der Waals surface area contributed by atoms with Crippen LogP contribution < -0.4 is 5.32 Å². The molecule has 0 aromatic heterocycles. The van der Waals surface area contributed by atoms with E-state index in [-0.39, 0.29) is 5.82 Å². The van der Waals surface area contributed by atoms with Gasteiger partial charge in [-0.1, -0.05) is 19.9 Å². The van der Waals surface area contributed by atoms with Crippen molar-refractivity contribution >= 4 is 5.97 Å². The Morgan fingerprint density at radius 3 is 2.67 bits per heavy atom. The number of hydrogen-bond acceptors (Lipinski definition) is 3. The quantitative estimate of drug-likeness (QED) is 0.820. The SMILES string of the molecule is COC(=O)C(NCC(C)C)c1cc(F)ccc1C. The Hall–Kier alpha value is -1.42. The largest absolute Gasteiger partial charge is 0.468 e. The third-order valence-corrected chi connectivity index (χ3v) is 2.72. The van der Waals surface area contributed by atoms with Crippen LogP contribution in [0.3, 0.4) is 0 Å². The van der Waals surface area contributed by atoms with Crippen LogP contribution in [-0.4, -0.2) is 19.6 Å². The van der Waals surface area contributed by atoms with Crippen LogP contribution in [0.15, 0.2) is 18.2 Å². The van der Waals surface area contributed by atoms with E-state index in [0.717, 1.165) is 5.56 Å². The molecule has 100 valence electrons. The maximum Gasteiger partial charge on any atom is 0.327 e. The highest BCUT2D eigenvalue weighted by atomic mass is 19.1. The monoisotopic (exact) mass is 253 g/mol. The lowest BCUT2D eigenvalue weighted by Crippen LogP contribution is -2.32. The summed E-state index contributed by atoms with van der Waals surface area (Å²) in [7, 11) is 1.33. The number of nitrogens with one attached hydrogen (secondary N) is 1. The highest BCUT2D eigenvalue weighted by Gasteiger charge is 2.23. The summed E-state index contributed by atoms with van der Waals surface area (Å²) in [4.78, 5) is 11.8. The van der Waals surface area contributed by atoms with Crippen LogP contribution in [0.2, 0.25) is 0 Å². The van der Waals surface area contributed by atoms with E-state index in [2.05, 4.69) is 5.32 Å². The van der Waals surface area contributed by atoms with Crippen LogP contribution in [0.4, 0.5) is 4.39 Å².